The summed E-state index contributed by atoms with van der Waals surface area (Å²) in [5, 5.41) is 28.2. The fourth-order valence-corrected chi connectivity index (χ4v) is 0.250. The summed E-state index contributed by atoms with van der Waals surface area (Å²) in [6, 6.07) is 0. The third-order valence-corrected chi connectivity index (χ3v) is 0.862. The monoisotopic (exact) mass is 377 g/mol. The normalized spacial score (nSPS) is 7.88. The van der Waals surface area contributed by atoms with E-state index in [1.54, 1.807) is 0 Å². The molecule has 0 aromatic heterocycles. The van der Waals surface area contributed by atoms with E-state index in [-0.39, 0.29) is 60.2 Å². The first-order valence-electron chi connectivity index (χ1n) is 4.46. The number of methoxy groups -OCH3 is 3. The quantitative estimate of drug-likeness (QED) is 0.490. The topological polar surface area (TPSA) is 96.9 Å². The Morgan fingerprint density at radius 2 is 0.812 bits per heavy atom. The van der Waals surface area contributed by atoms with Crippen LogP contribution in [-0.2, 0) is 14.2 Å². The Labute approximate surface area is 130 Å². The molecule has 0 aliphatic carbocycles. The van der Waals surface area contributed by atoms with Crippen molar-refractivity contribution >= 4 is 0 Å². The molecule has 0 aliphatic rings. The van der Waals surface area contributed by atoms with E-state index in [2.05, 4.69) is 14.2 Å². The Kier molecular flexibility index (Phi) is 58.1. The van der Waals surface area contributed by atoms with Gasteiger partial charge in [0, 0.05) is 41.2 Å². The summed E-state index contributed by atoms with van der Waals surface area (Å²) in [4.78, 5) is 0. The molecule has 0 aromatic carbocycles. The zero-order chi connectivity index (χ0) is 12.4. The van der Waals surface area contributed by atoms with E-state index in [9.17, 15) is 15.3 Å². The van der Waals surface area contributed by atoms with Crippen LogP contribution in [0.3, 0.4) is 0 Å². The van der Waals surface area contributed by atoms with Crippen LogP contribution >= 0.6 is 0 Å². The Bertz CT molecular complexity index is 56.8. The van der Waals surface area contributed by atoms with Crippen molar-refractivity contribution in [3.63, 3.8) is 0 Å². The van der Waals surface area contributed by atoms with Gasteiger partial charge in [0.25, 0.3) is 0 Å². The third kappa shape index (κ3) is 59.6. The van der Waals surface area contributed by atoms with Crippen molar-refractivity contribution in [1.29, 1.82) is 0 Å². The van der Waals surface area contributed by atoms with Gasteiger partial charge in [-0.15, -0.1) is 19.8 Å². The molecule has 0 unspecified atom stereocenters. The van der Waals surface area contributed by atoms with Crippen LogP contribution < -0.4 is 15.3 Å². The molecule has 0 heterocycles. The van der Waals surface area contributed by atoms with Crippen LogP contribution in [-0.4, -0.2) is 61.0 Å². The molecule has 0 bridgehead atoms. The van der Waals surface area contributed by atoms with Gasteiger partial charge in [-0.05, 0) is 0 Å². The van der Waals surface area contributed by atoms with Gasteiger partial charge in [0.1, 0.15) is 0 Å². The zero-order valence-electron chi connectivity index (χ0n) is 10.1. The van der Waals surface area contributed by atoms with Crippen LogP contribution in [0.25, 0.3) is 0 Å². The minimum absolute atomic E-state index is 0. The van der Waals surface area contributed by atoms with Gasteiger partial charge >= 0.3 is 40.4 Å². The van der Waals surface area contributed by atoms with E-state index in [1.165, 1.54) is 21.3 Å². The average Bonchev–Trinajstić information content (AvgIpc) is 2.23. The molecule has 0 atom stereocenters. The van der Waals surface area contributed by atoms with Gasteiger partial charge in [-0.2, -0.15) is 0 Å². The predicted molar refractivity (Wildman–Crippen MR) is 50.2 cm³/mol. The van der Waals surface area contributed by atoms with Gasteiger partial charge in [0.2, 0.25) is 0 Å². The van der Waals surface area contributed by atoms with E-state index < -0.39 is 0 Å². The molecular formula is C9H21O6Sm. The fourth-order valence-electron chi connectivity index (χ4n) is 0.250. The van der Waals surface area contributed by atoms with Gasteiger partial charge in [0.15, 0.2) is 0 Å². The smallest absolute Gasteiger partial charge is 0.853 e. The molecule has 0 rings (SSSR count). The predicted octanol–water partition coefficient (Wildman–Crippen LogP) is -3.02. The molecule has 0 amide bonds. The number of hydrogen-bond donors (Lipinski definition) is 0. The standard InChI is InChI=1S/3C3H7O2.Sm/c3*1-5-3-2-4;/h3*2-3H2,1H3;/q3*-1;+3. The molecule has 7 heteroatoms. The average molecular weight is 376 g/mol. The second-order valence-electron chi connectivity index (χ2n) is 2.09. The van der Waals surface area contributed by atoms with Crippen LogP contribution in [0.15, 0.2) is 0 Å². The molecule has 16 heavy (non-hydrogen) atoms. The maximum absolute atomic E-state index is 9.40. The Hall–Kier alpha value is 1.10. The summed E-state index contributed by atoms with van der Waals surface area (Å²) in [6.45, 7) is 0.615. The van der Waals surface area contributed by atoms with Gasteiger partial charge in [-0.3, -0.25) is 0 Å². The molecular weight excluding hydrogens is 354 g/mol. The van der Waals surface area contributed by atoms with Crippen molar-refractivity contribution in [3.8, 4) is 0 Å². The summed E-state index contributed by atoms with van der Waals surface area (Å²) >= 11 is 0. The number of rotatable bonds is 6. The van der Waals surface area contributed by atoms with Crippen molar-refractivity contribution in [2.45, 2.75) is 0 Å². The van der Waals surface area contributed by atoms with E-state index in [1.807, 2.05) is 0 Å². The summed E-state index contributed by atoms with van der Waals surface area (Å²) in [6.07, 6.45) is 0. The first-order chi connectivity index (χ1) is 7.24. The van der Waals surface area contributed by atoms with E-state index in [0.717, 1.165) is 0 Å². The third-order valence-electron chi connectivity index (χ3n) is 0.862. The molecule has 0 aliphatic heterocycles. The number of ether oxygens (including phenoxy) is 3. The SMILES string of the molecule is COCC[O-].COCC[O-].COCC[O-].[Sm+3]. The van der Waals surface area contributed by atoms with Crippen LogP contribution in [0.2, 0.25) is 0 Å². The zero-order valence-corrected chi connectivity index (χ0v) is 12.7. The van der Waals surface area contributed by atoms with E-state index in [0.29, 0.717) is 19.8 Å². The van der Waals surface area contributed by atoms with E-state index in [4.69, 9.17) is 0 Å². The molecule has 6 nitrogen and oxygen atoms in total. The van der Waals surface area contributed by atoms with Gasteiger partial charge in [-0.1, -0.05) is 0 Å². The van der Waals surface area contributed by atoms with Crippen LogP contribution in [0.4, 0.5) is 0 Å². The molecule has 0 fully saturated rings. The van der Waals surface area contributed by atoms with Gasteiger partial charge in [-0.25, -0.2) is 0 Å². The van der Waals surface area contributed by atoms with Crippen molar-refractivity contribution in [1.82, 2.24) is 0 Å². The summed E-state index contributed by atoms with van der Waals surface area (Å²) in [5.41, 5.74) is 0. The Morgan fingerprint density at radius 3 is 0.812 bits per heavy atom. The molecule has 1 radical (unpaired) electrons. The minimum Gasteiger partial charge on any atom is -0.853 e. The maximum Gasteiger partial charge on any atom is 3.00 e. The first-order valence-corrected chi connectivity index (χ1v) is 4.46. The summed E-state index contributed by atoms with van der Waals surface area (Å²) < 4.78 is 13.1. The van der Waals surface area contributed by atoms with Crippen molar-refractivity contribution in [3.05, 3.63) is 0 Å². The molecule has 99 valence electrons. The number of hydrogen-bond acceptors (Lipinski definition) is 6. The largest absolute Gasteiger partial charge is 3.00 e. The van der Waals surface area contributed by atoms with E-state index >= 15 is 0 Å². The molecule has 0 saturated carbocycles. The Morgan fingerprint density at radius 1 is 0.625 bits per heavy atom. The van der Waals surface area contributed by atoms with Crippen LogP contribution in [0.5, 0.6) is 0 Å². The summed E-state index contributed by atoms with van der Waals surface area (Å²) in [5.74, 6) is 0. The molecule has 0 spiro atoms. The van der Waals surface area contributed by atoms with Gasteiger partial charge in [0.05, 0.1) is 0 Å². The van der Waals surface area contributed by atoms with Crippen LogP contribution in [0, 0.1) is 40.4 Å². The second kappa shape index (κ2) is 36.0. The minimum atomic E-state index is -0.128. The maximum atomic E-state index is 9.40. The van der Waals surface area contributed by atoms with Crippen molar-refractivity contribution < 1.29 is 69.9 Å². The van der Waals surface area contributed by atoms with Crippen molar-refractivity contribution in [2.24, 2.45) is 0 Å². The Balaban J connectivity index is -0.0000000655. The van der Waals surface area contributed by atoms with Gasteiger partial charge < -0.3 is 29.5 Å². The summed E-state index contributed by atoms with van der Waals surface area (Å²) in [7, 11) is 4.54. The fraction of sp³-hybridized carbons (Fsp3) is 1.00. The second-order valence-corrected chi connectivity index (χ2v) is 2.09. The first kappa shape index (κ1) is 25.8. The molecule has 0 N–H and O–H groups in total. The molecule has 0 aromatic rings. The van der Waals surface area contributed by atoms with Crippen molar-refractivity contribution in [2.75, 3.05) is 61.0 Å². The van der Waals surface area contributed by atoms with Crippen LogP contribution in [0.1, 0.15) is 0 Å². The molecule has 0 saturated heterocycles.